The van der Waals surface area contributed by atoms with Crippen LogP contribution in [-0.2, 0) is 0 Å². The Hall–Kier alpha value is -2.11. The second-order valence-electron chi connectivity index (χ2n) is 6.25. The summed E-state index contributed by atoms with van der Waals surface area (Å²) in [4.78, 5) is 8.64. The first-order chi connectivity index (χ1) is 10.9. The molecule has 0 saturated heterocycles. The Kier molecular flexibility index (Phi) is 5.58. The molecule has 2 N–H and O–H groups in total. The van der Waals surface area contributed by atoms with Gasteiger partial charge in [0.1, 0.15) is 5.75 Å². The molecule has 0 atom stereocenters. The summed E-state index contributed by atoms with van der Waals surface area (Å²) in [6.07, 6.45) is 1.62. The van der Waals surface area contributed by atoms with Gasteiger partial charge in [-0.15, -0.1) is 0 Å². The van der Waals surface area contributed by atoms with Gasteiger partial charge in [-0.2, -0.15) is 0 Å². The highest BCUT2D eigenvalue weighted by molar-refractivity contribution is 6.30. The number of halogens is 1. The van der Waals surface area contributed by atoms with Crippen LogP contribution in [0.5, 0.6) is 11.6 Å². The monoisotopic (exact) mass is 333 g/mol. The molecule has 23 heavy (non-hydrogen) atoms. The molecule has 0 aliphatic rings. The van der Waals surface area contributed by atoms with Crippen molar-refractivity contribution in [1.29, 1.82) is 0 Å². The van der Waals surface area contributed by atoms with Gasteiger partial charge in [-0.1, -0.05) is 32.4 Å². The molecule has 0 aliphatic carbocycles. The molecular weight excluding hydrogens is 314 g/mol. The van der Waals surface area contributed by atoms with Gasteiger partial charge in [-0.25, -0.2) is 4.98 Å². The number of aromatic nitrogens is 1. The van der Waals surface area contributed by atoms with Crippen molar-refractivity contribution >= 4 is 17.4 Å². The van der Waals surface area contributed by atoms with Gasteiger partial charge in [-0.05, 0) is 41.8 Å². The Balaban J connectivity index is 2.30. The van der Waals surface area contributed by atoms with E-state index in [1.54, 1.807) is 42.6 Å². The number of hydroxylamine groups is 1. The van der Waals surface area contributed by atoms with Gasteiger partial charge in [-0.3, -0.25) is 15.7 Å². The van der Waals surface area contributed by atoms with Crippen LogP contribution in [0.1, 0.15) is 26.3 Å². The summed E-state index contributed by atoms with van der Waals surface area (Å²) in [5, 5.41) is 10.0. The molecule has 0 amide bonds. The van der Waals surface area contributed by atoms with Crippen LogP contribution in [0, 0.1) is 5.41 Å². The third-order valence-electron chi connectivity index (χ3n) is 2.87. The molecule has 0 aliphatic heterocycles. The van der Waals surface area contributed by atoms with Crippen LogP contribution < -0.4 is 10.2 Å². The maximum absolute atomic E-state index is 9.42. The summed E-state index contributed by atoms with van der Waals surface area (Å²) in [5.41, 5.74) is 2.71. The molecule has 0 spiro atoms. The van der Waals surface area contributed by atoms with E-state index >= 15 is 0 Å². The maximum Gasteiger partial charge on any atom is 0.230 e. The number of amidine groups is 1. The zero-order valence-electron chi connectivity index (χ0n) is 13.4. The van der Waals surface area contributed by atoms with Crippen LogP contribution in [0.4, 0.5) is 0 Å². The second-order valence-corrected chi connectivity index (χ2v) is 6.69. The molecule has 0 bridgehead atoms. The predicted molar refractivity (Wildman–Crippen MR) is 91.5 cm³/mol. The van der Waals surface area contributed by atoms with E-state index in [0.717, 1.165) is 0 Å². The Morgan fingerprint density at radius 2 is 1.96 bits per heavy atom. The largest absolute Gasteiger partial charge is 0.438 e. The maximum atomic E-state index is 9.42. The third kappa shape index (κ3) is 5.23. The van der Waals surface area contributed by atoms with Gasteiger partial charge in [0.2, 0.25) is 5.88 Å². The lowest BCUT2D eigenvalue weighted by Gasteiger charge is -2.16. The van der Waals surface area contributed by atoms with Gasteiger partial charge < -0.3 is 4.74 Å². The molecule has 5 nitrogen and oxygen atoms in total. The third-order valence-corrected chi connectivity index (χ3v) is 3.12. The Bertz CT molecular complexity index is 679. The smallest absolute Gasteiger partial charge is 0.230 e. The first-order valence-electron chi connectivity index (χ1n) is 7.22. The minimum Gasteiger partial charge on any atom is -0.438 e. The highest BCUT2D eigenvalue weighted by atomic mass is 35.5. The van der Waals surface area contributed by atoms with Crippen LogP contribution >= 0.6 is 11.6 Å². The molecule has 1 heterocycles. The lowest BCUT2D eigenvalue weighted by molar-refractivity contribution is 0.233. The van der Waals surface area contributed by atoms with Crippen molar-refractivity contribution in [2.75, 3.05) is 6.54 Å². The summed E-state index contributed by atoms with van der Waals surface area (Å²) in [5.74, 6) is 1.27. The molecule has 2 rings (SSSR count). The zero-order chi connectivity index (χ0) is 16.9. The van der Waals surface area contributed by atoms with E-state index in [1.165, 1.54) is 0 Å². The van der Waals surface area contributed by atoms with Crippen molar-refractivity contribution in [2.24, 2.45) is 10.4 Å². The Labute approximate surface area is 141 Å². The standard InChI is InChI=1S/C17H20ClN3O2/c1-17(2,3)11-20-15(21-22)14-5-4-10-19-16(14)23-13-8-6-12(18)7-9-13/h4-10,22H,11H2,1-3H3,(H,20,21). The lowest BCUT2D eigenvalue weighted by Crippen LogP contribution is -2.23. The first-order valence-corrected chi connectivity index (χ1v) is 7.60. The van der Waals surface area contributed by atoms with E-state index in [2.05, 4.69) is 36.2 Å². The van der Waals surface area contributed by atoms with Gasteiger partial charge >= 0.3 is 0 Å². The quantitative estimate of drug-likeness (QED) is 0.497. The SMILES string of the molecule is CC(C)(C)CN=C(NO)c1cccnc1Oc1ccc(Cl)cc1. The van der Waals surface area contributed by atoms with Crippen LogP contribution in [-0.4, -0.2) is 22.6 Å². The molecule has 2 aromatic rings. The molecule has 1 aromatic carbocycles. The highest BCUT2D eigenvalue weighted by Gasteiger charge is 2.15. The van der Waals surface area contributed by atoms with Crippen LogP contribution in [0.25, 0.3) is 0 Å². The number of pyridine rings is 1. The Morgan fingerprint density at radius 3 is 2.57 bits per heavy atom. The summed E-state index contributed by atoms with van der Waals surface area (Å²) in [6.45, 7) is 6.75. The highest BCUT2D eigenvalue weighted by Crippen LogP contribution is 2.25. The van der Waals surface area contributed by atoms with Crippen molar-refractivity contribution in [2.45, 2.75) is 20.8 Å². The summed E-state index contributed by atoms with van der Waals surface area (Å²) in [7, 11) is 0. The lowest BCUT2D eigenvalue weighted by atomic mass is 9.97. The number of aliphatic imine (C=N–C) groups is 1. The number of hydrogen-bond acceptors (Lipinski definition) is 4. The van der Waals surface area contributed by atoms with E-state index in [9.17, 15) is 5.21 Å². The van der Waals surface area contributed by atoms with Gasteiger partial charge in [0.15, 0.2) is 5.84 Å². The molecule has 0 radical (unpaired) electrons. The Morgan fingerprint density at radius 1 is 1.26 bits per heavy atom. The minimum absolute atomic E-state index is 0.00150. The van der Waals surface area contributed by atoms with Gasteiger partial charge in [0.25, 0.3) is 0 Å². The number of hydrogen-bond donors (Lipinski definition) is 2. The van der Waals surface area contributed by atoms with E-state index in [1.807, 2.05) is 0 Å². The van der Waals surface area contributed by atoms with Crippen molar-refractivity contribution in [3.63, 3.8) is 0 Å². The molecule has 6 heteroatoms. The zero-order valence-corrected chi connectivity index (χ0v) is 14.1. The van der Waals surface area contributed by atoms with E-state index in [-0.39, 0.29) is 5.41 Å². The van der Waals surface area contributed by atoms with Crippen molar-refractivity contribution in [3.8, 4) is 11.6 Å². The predicted octanol–water partition coefficient (Wildman–Crippen LogP) is 4.30. The fourth-order valence-corrected chi connectivity index (χ4v) is 1.89. The van der Waals surface area contributed by atoms with Crippen LogP contribution in [0.2, 0.25) is 5.02 Å². The fraction of sp³-hybridized carbons (Fsp3) is 0.294. The number of nitrogens with zero attached hydrogens (tertiary/aromatic N) is 2. The normalized spacial score (nSPS) is 12.1. The minimum atomic E-state index is 0.00150. The van der Waals surface area contributed by atoms with Gasteiger partial charge in [0, 0.05) is 17.8 Å². The van der Waals surface area contributed by atoms with E-state index in [0.29, 0.717) is 34.6 Å². The molecule has 1 aromatic heterocycles. The number of ether oxygens (including phenoxy) is 1. The summed E-state index contributed by atoms with van der Waals surface area (Å²) >= 11 is 5.87. The average molecular weight is 334 g/mol. The van der Waals surface area contributed by atoms with Crippen molar-refractivity contribution in [3.05, 3.63) is 53.2 Å². The molecule has 0 saturated carbocycles. The average Bonchev–Trinajstić information content (AvgIpc) is 2.50. The van der Waals surface area contributed by atoms with Gasteiger partial charge in [0.05, 0.1) is 5.56 Å². The molecule has 0 fully saturated rings. The molecular formula is C17H20ClN3O2. The van der Waals surface area contributed by atoms with Crippen molar-refractivity contribution < 1.29 is 9.94 Å². The van der Waals surface area contributed by atoms with Crippen LogP contribution in [0.3, 0.4) is 0 Å². The summed E-state index contributed by atoms with van der Waals surface area (Å²) < 4.78 is 5.78. The number of rotatable bonds is 4. The molecule has 0 unspecified atom stereocenters. The molecule has 122 valence electrons. The second kappa shape index (κ2) is 7.44. The van der Waals surface area contributed by atoms with E-state index in [4.69, 9.17) is 16.3 Å². The topological polar surface area (TPSA) is 66.7 Å². The number of nitrogens with one attached hydrogen (secondary N) is 1. The first kappa shape index (κ1) is 17.2. The summed E-state index contributed by atoms with van der Waals surface area (Å²) in [6, 6.07) is 10.5. The van der Waals surface area contributed by atoms with E-state index < -0.39 is 0 Å². The van der Waals surface area contributed by atoms with Crippen molar-refractivity contribution in [1.82, 2.24) is 10.5 Å². The number of benzene rings is 1. The van der Waals surface area contributed by atoms with Crippen LogP contribution in [0.15, 0.2) is 47.6 Å². The fourth-order valence-electron chi connectivity index (χ4n) is 1.76.